The summed E-state index contributed by atoms with van der Waals surface area (Å²) in [6, 6.07) is 17.4. The Morgan fingerprint density at radius 1 is 0.962 bits per heavy atom. The molecule has 26 heavy (non-hydrogen) atoms. The molecule has 1 heterocycles. The molecule has 0 aliphatic carbocycles. The summed E-state index contributed by atoms with van der Waals surface area (Å²) in [5.74, 6) is -0.706. The van der Waals surface area contributed by atoms with Gasteiger partial charge in [0.1, 0.15) is 0 Å². The molecule has 1 amide bonds. The predicted octanol–water partition coefficient (Wildman–Crippen LogP) is 3.61. The lowest BCUT2D eigenvalue weighted by atomic mass is 9.79. The number of hydrogen-bond acceptors (Lipinski definition) is 2. The van der Waals surface area contributed by atoms with Crippen molar-refractivity contribution in [2.45, 2.75) is 26.2 Å². The van der Waals surface area contributed by atoms with E-state index in [-0.39, 0.29) is 11.4 Å². The van der Waals surface area contributed by atoms with Crippen LogP contribution in [0.3, 0.4) is 0 Å². The number of fused-ring (bicyclic) bond motifs is 1. The lowest BCUT2D eigenvalue weighted by Gasteiger charge is -2.26. The number of aliphatic imine (C=N–C) groups is 1. The summed E-state index contributed by atoms with van der Waals surface area (Å²) in [7, 11) is 0. The summed E-state index contributed by atoms with van der Waals surface area (Å²) in [4.78, 5) is 21.6. The smallest absolute Gasteiger partial charge is 0.281 e. The minimum atomic E-state index is -0.453. The van der Waals surface area contributed by atoms with Crippen LogP contribution in [0.5, 0.6) is 0 Å². The van der Waals surface area contributed by atoms with Gasteiger partial charge < -0.3 is 11.5 Å². The molecule has 0 aliphatic rings. The standard InChI is InChI=1S/C21H22N4O/c1-21(2,3)17-16(19(26)25-20(22)23)14-11-7-8-12-15(14)24-18(17)13-9-5-4-6-10-13/h4-12H,1-3H3,(H4,22,23,25,26). The number of para-hydroxylation sites is 1. The SMILES string of the molecule is CC(C)(C)c1c(-c2ccccc2)nc2ccccc2c1C(=O)N=C(N)N. The van der Waals surface area contributed by atoms with E-state index >= 15 is 0 Å². The first kappa shape index (κ1) is 17.6. The highest BCUT2D eigenvalue weighted by Crippen LogP contribution is 2.38. The Balaban J connectivity index is 2.49. The average molecular weight is 346 g/mol. The molecule has 1 aromatic heterocycles. The fraction of sp³-hybridized carbons (Fsp3) is 0.190. The van der Waals surface area contributed by atoms with E-state index in [0.29, 0.717) is 5.56 Å². The molecule has 3 aromatic rings. The Labute approximate surface area is 152 Å². The quantitative estimate of drug-likeness (QED) is 0.547. The topological polar surface area (TPSA) is 94.4 Å². The molecule has 4 N–H and O–H groups in total. The minimum Gasteiger partial charge on any atom is -0.370 e. The molecule has 0 saturated carbocycles. The molecular weight excluding hydrogens is 324 g/mol. The predicted molar refractivity (Wildman–Crippen MR) is 106 cm³/mol. The third kappa shape index (κ3) is 3.28. The monoisotopic (exact) mass is 346 g/mol. The molecule has 0 saturated heterocycles. The van der Waals surface area contributed by atoms with Gasteiger partial charge in [-0.3, -0.25) is 4.79 Å². The first-order valence-corrected chi connectivity index (χ1v) is 8.41. The van der Waals surface area contributed by atoms with Gasteiger partial charge in [-0.05, 0) is 17.0 Å². The molecule has 0 atom stereocenters. The van der Waals surface area contributed by atoms with Crippen LogP contribution in [0.4, 0.5) is 0 Å². The zero-order valence-corrected chi connectivity index (χ0v) is 15.2. The van der Waals surface area contributed by atoms with Gasteiger partial charge in [-0.2, -0.15) is 4.99 Å². The second kappa shape index (κ2) is 6.59. The van der Waals surface area contributed by atoms with Crippen LogP contribution in [-0.2, 0) is 5.41 Å². The van der Waals surface area contributed by atoms with Crippen molar-refractivity contribution in [2.75, 3.05) is 0 Å². The number of pyridine rings is 1. The second-order valence-corrected chi connectivity index (χ2v) is 7.19. The number of carbonyl (C=O) groups is 1. The zero-order chi connectivity index (χ0) is 18.9. The number of nitrogens with zero attached hydrogens (tertiary/aromatic N) is 2. The van der Waals surface area contributed by atoms with Crippen molar-refractivity contribution < 1.29 is 4.79 Å². The highest BCUT2D eigenvalue weighted by atomic mass is 16.1. The van der Waals surface area contributed by atoms with Crippen molar-refractivity contribution in [1.29, 1.82) is 0 Å². The number of benzene rings is 2. The molecule has 0 spiro atoms. The van der Waals surface area contributed by atoms with Crippen molar-refractivity contribution in [1.82, 2.24) is 4.98 Å². The van der Waals surface area contributed by atoms with Crippen molar-refractivity contribution >= 4 is 22.8 Å². The van der Waals surface area contributed by atoms with Gasteiger partial charge in [0, 0.05) is 10.9 Å². The summed E-state index contributed by atoms with van der Waals surface area (Å²) >= 11 is 0. The first-order valence-electron chi connectivity index (χ1n) is 8.41. The molecule has 0 unspecified atom stereocenters. The van der Waals surface area contributed by atoms with E-state index in [0.717, 1.165) is 27.7 Å². The lowest BCUT2D eigenvalue weighted by molar-refractivity contribution is 0.100. The number of hydrogen-bond donors (Lipinski definition) is 2. The van der Waals surface area contributed by atoms with Crippen LogP contribution in [-0.4, -0.2) is 16.9 Å². The van der Waals surface area contributed by atoms with Gasteiger partial charge >= 0.3 is 0 Å². The van der Waals surface area contributed by atoms with Crippen LogP contribution in [0.15, 0.2) is 59.6 Å². The molecule has 5 heteroatoms. The molecule has 0 fully saturated rings. The molecule has 3 rings (SSSR count). The Morgan fingerprint density at radius 3 is 2.19 bits per heavy atom. The molecule has 2 aromatic carbocycles. The van der Waals surface area contributed by atoms with Crippen LogP contribution in [0.1, 0.15) is 36.7 Å². The second-order valence-electron chi connectivity index (χ2n) is 7.19. The third-order valence-electron chi connectivity index (χ3n) is 4.13. The Hall–Kier alpha value is -3.21. The molecule has 0 radical (unpaired) electrons. The van der Waals surface area contributed by atoms with Gasteiger partial charge in [-0.25, -0.2) is 4.98 Å². The summed E-state index contributed by atoms with van der Waals surface area (Å²) in [5.41, 5.74) is 14.4. The highest BCUT2D eigenvalue weighted by molar-refractivity contribution is 6.12. The van der Waals surface area contributed by atoms with Crippen LogP contribution in [0, 0.1) is 0 Å². The number of rotatable bonds is 2. The summed E-state index contributed by atoms with van der Waals surface area (Å²) in [5, 5.41) is 0.743. The van der Waals surface area contributed by atoms with E-state index in [1.165, 1.54) is 0 Å². The first-order chi connectivity index (χ1) is 12.3. The zero-order valence-electron chi connectivity index (χ0n) is 15.2. The Kier molecular flexibility index (Phi) is 4.47. The molecule has 132 valence electrons. The van der Waals surface area contributed by atoms with E-state index in [1.54, 1.807) is 0 Å². The van der Waals surface area contributed by atoms with Crippen molar-refractivity contribution in [3.8, 4) is 11.3 Å². The molecule has 0 aliphatic heterocycles. The van der Waals surface area contributed by atoms with E-state index in [2.05, 4.69) is 25.8 Å². The van der Waals surface area contributed by atoms with Crippen molar-refractivity contribution in [2.24, 2.45) is 16.5 Å². The van der Waals surface area contributed by atoms with Crippen molar-refractivity contribution in [3.63, 3.8) is 0 Å². The van der Waals surface area contributed by atoms with Crippen LogP contribution in [0.25, 0.3) is 22.2 Å². The summed E-state index contributed by atoms with van der Waals surface area (Å²) < 4.78 is 0. The largest absolute Gasteiger partial charge is 0.370 e. The number of amides is 1. The summed E-state index contributed by atoms with van der Waals surface area (Å²) in [6.45, 7) is 6.16. The minimum absolute atomic E-state index is 0.253. The maximum Gasteiger partial charge on any atom is 0.281 e. The van der Waals surface area contributed by atoms with Gasteiger partial charge in [0.15, 0.2) is 5.96 Å². The van der Waals surface area contributed by atoms with Crippen LogP contribution >= 0.6 is 0 Å². The fourth-order valence-electron chi connectivity index (χ4n) is 3.14. The number of carbonyl (C=O) groups excluding carboxylic acids is 1. The Bertz CT molecular complexity index is 998. The molecular formula is C21H22N4O. The average Bonchev–Trinajstić information content (AvgIpc) is 2.59. The lowest BCUT2D eigenvalue weighted by Crippen LogP contribution is -2.26. The number of nitrogens with two attached hydrogens (primary N) is 2. The van der Waals surface area contributed by atoms with Crippen LogP contribution < -0.4 is 11.5 Å². The van der Waals surface area contributed by atoms with E-state index in [4.69, 9.17) is 16.5 Å². The van der Waals surface area contributed by atoms with Gasteiger partial charge in [-0.1, -0.05) is 69.3 Å². The van der Waals surface area contributed by atoms with E-state index in [1.807, 2.05) is 54.6 Å². The van der Waals surface area contributed by atoms with E-state index < -0.39 is 5.91 Å². The number of guanidine groups is 1. The normalized spacial score (nSPS) is 11.3. The van der Waals surface area contributed by atoms with Gasteiger partial charge in [0.2, 0.25) is 0 Å². The third-order valence-corrected chi connectivity index (χ3v) is 4.13. The van der Waals surface area contributed by atoms with Gasteiger partial charge in [0.25, 0.3) is 5.91 Å². The highest BCUT2D eigenvalue weighted by Gasteiger charge is 2.29. The fourth-order valence-corrected chi connectivity index (χ4v) is 3.14. The molecule has 5 nitrogen and oxygen atoms in total. The van der Waals surface area contributed by atoms with E-state index in [9.17, 15) is 4.79 Å². The van der Waals surface area contributed by atoms with Gasteiger partial charge in [0.05, 0.1) is 16.8 Å². The van der Waals surface area contributed by atoms with Crippen LogP contribution in [0.2, 0.25) is 0 Å². The Morgan fingerprint density at radius 2 is 1.58 bits per heavy atom. The van der Waals surface area contributed by atoms with Crippen molar-refractivity contribution in [3.05, 3.63) is 65.7 Å². The summed E-state index contributed by atoms with van der Waals surface area (Å²) in [6.07, 6.45) is 0. The number of aromatic nitrogens is 1. The molecule has 0 bridgehead atoms. The van der Waals surface area contributed by atoms with Gasteiger partial charge in [-0.15, -0.1) is 0 Å². The maximum atomic E-state index is 12.9. The maximum absolute atomic E-state index is 12.9.